The predicted octanol–water partition coefficient (Wildman–Crippen LogP) is 2.95. The standard InChI is InChI=1S/C36H30O16/c37-21-4-1-15(7-24(21)40)9-29(33(45)46)51-35(49)20-11-18-13-27(43)28(44)14-19(18)31(17-3-6-23(39)26(42)12-17)32(20)36(50)52-30(34(47)48)10-16-2-5-22(38)25(41)8-16/h1-8,11-14,29-32,37-44H,9-10H2,(H,45,46)(H,47,48)/t29-,30-,31-,32-/m1/s1. The molecular formula is C36H30O16. The lowest BCUT2D eigenvalue weighted by Crippen LogP contribution is -2.39. The van der Waals surface area contributed by atoms with Crippen LogP contribution in [-0.2, 0) is 41.5 Å². The van der Waals surface area contributed by atoms with Gasteiger partial charge in [0.25, 0.3) is 0 Å². The van der Waals surface area contributed by atoms with Crippen LogP contribution in [0.15, 0.2) is 72.3 Å². The van der Waals surface area contributed by atoms with Crippen molar-refractivity contribution in [1.29, 1.82) is 0 Å². The summed E-state index contributed by atoms with van der Waals surface area (Å²) in [7, 11) is 0. The molecule has 1 aliphatic carbocycles. The molecule has 0 heterocycles. The second kappa shape index (κ2) is 14.4. The van der Waals surface area contributed by atoms with Gasteiger partial charge in [-0.15, -0.1) is 0 Å². The number of carbonyl (C=O) groups is 4. The van der Waals surface area contributed by atoms with E-state index < -0.39 is 112 Å². The number of esters is 2. The molecule has 10 N–H and O–H groups in total. The lowest BCUT2D eigenvalue weighted by atomic mass is 9.71. The van der Waals surface area contributed by atoms with E-state index >= 15 is 0 Å². The molecule has 4 aromatic carbocycles. The topological polar surface area (TPSA) is 289 Å². The van der Waals surface area contributed by atoms with Gasteiger partial charge in [-0.3, -0.25) is 4.79 Å². The molecule has 270 valence electrons. The van der Waals surface area contributed by atoms with Crippen molar-refractivity contribution >= 4 is 30.0 Å². The molecule has 0 bridgehead atoms. The smallest absolute Gasteiger partial charge is 0.345 e. The number of hydrogen-bond donors (Lipinski definition) is 10. The van der Waals surface area contributed by atoms with Crippen molar-refractivity contribution in [2.24, 2.45) is 5.92 Å². The Kier molecular flexibility index (Phi) is 10.0. The number of benzene rings is 4. The first-order chi connectivity index (χ1) is 24.5. The van der Waals surface area contributed by atoms with Crippen LogP contribution >= 0.6 is 0 Å². The summed E-state index contributed by atoms with van der Waals surface area (Å²) >= 11 is 0. The largest absolute Gasteiger partial charge is 0.504 e. The van der Waals surface area contributed by atoms with E-state index in [1.165, 1.54) is 18.2 Å². The van der Waals surface area contributed by atoms with Gasteiger partial charge in [0, 0.05) is 18.8 Å². The molecule has 0 spiro atoms. The quantitative estimate of drug-likeness (QED) is 0.0788. The minimum Gasteiger partial charge on any atom is -0.504 e. The monoisotopic (exact) mass is 718 g/mol. The molecule has 16 heteroatoms. The molecule has 4 aromatic rings. The Morgan fingerprint density at radius 2 is 1.02 bits per heavy atom. The van der Waals surface area contributed by atoms with E-state index in [1.807, 2.05) is 0 Å². The van der Waals surface area contributed by atoms with Crippen LogP contribution in [0.2, 0.25) is 0 Å². The molecule has 0 fully saturated rings. The van der Waals surface area contributed by atoms with Crippen molar-refractivity contribution in [3.8, 4) is 46.0 Å². The Hall–Kier alpha value is -7.10. The number of carbonyl (C=O) groups excluding carboxylic acids is 2. The van der Waals surface area contributed by atoms with Crippen LogP contribution in [0.25, 0.3) is 6.08 Å². The minimum absolute atomic E-state index is 0.00618. The van der Waals surface area contributed by atoms with Crippen LogP contribution in [0.3, 0.4) is 0 Å². The molecule has 0 radical (unpaired) electrons. The number of phenols is 8. The molecule has 0 aliphatic heterocycles. The highest BCUT2D eigenvalue weighted by atomic mass is 16.6. The van der Waals surface area contributed by atoms with Crippen LogP contribution in [0.4, 0.5) is 0 Å². The van der Waals surface area contributed by atoms with E-state index in [9.17, 15) is 70.2 Å². The zero-order valence-corrected chi connectivity index (χ0v) is 26.6. The van der Waals surface area contributed by atoms with Gasteiger partial charge in [0.1, 0.15) is 0 Å². The number of rotatable bonds is 11. The van der Waals surface area contributed by atoms with E-state index in [0.29, 0.717) is 0 Å². The van der Waals surface area contributed by atoms with Gasteiger partial charge in [-0.2, -0.15) is 0 Å². The van der Waals surface area contributed by atoms with Gasteiger partial charge in [-0.05, 0) is 82.4 Å². The van der Waals surface area contributed by atoms with Crippen molar-refractivity contribution in [1.82, 2.24) is 0 Å². The van der Waals surface area contributed by atoms with Crippen molar-refractivity contribution in [3.63, 3.8) is 0 Å². The van der Waals surface area contributed by atoms with Gasteiger partial charge in [0.2, 0.25) is 12.2 Å². The normalized spacial score (nSPS) is 16.1. The fourth-order valence-electron chi connectivity index (χ4n) is 5.76. The van der Waals surface area contributed by atoms with Crippen LogP contribution in [0.1, 0.15) is 33.7 Å². The highest BCUT2D eigenvalue weighted by molar-refractivity contribution is 6.03. The Morgan fingerprint density at radius 3 is 1.52 bits per heavy atom. The summed E-state index contributed by atoms with van der Waals surface area (Å²) in [6, 6.07) is 12.1. The molecule has 52 heavy (non-hydrogen) atoms. The summed E-state index contributed by atoms with van der Waals surface area (Å²) < 4.78 is 10.8. The Bertz CT molecular complexity index is 2120. The summed E-state index contributed by atoms with van der Waals surface area (Å²) in [5.41, 5.74) is -0.309. The summed E-state index contributed by atoms with van der Waals surface area (Å²) in [5, 5.41) is 100. The molecule has 0 aromatic heterocycles. The second-order valence-corrected chi connectivity index (χ2v) is 11.8. The van der Waals surface area contributed by atoms with E-state index in [-0.39, 0.29) is 27.8 Å². The van der Waals surface area contributed by atoms with Gasteiger partial charge in [-0.1, -0.05) is 18.2 Å². The number of fused-ring (bicyclic) bond motifs is 1. The van der Waals surface area contributed by atoms with Gasteiger partial charge < -0.3 is 60.5 Å². The first-order valence-corrected chi connectivity index (χ1v) is 15.2. The van der Waals surface area contributed by atoms with Crippen LogP contribution in [-0.4, -0.2) is 87.2 Å². The molecule has 5 rings (SSSR count). The van der Waals surface area contributed by atoms with Crippen molar-refractivity contribution in [2.75, 3.05) is 0 Å². The van der Waals surface area contributed by atoms with Gasteiger partial charge in [0.15, 0.2) is 46.0 Å². The third-order valence-electron chi connectivity index (χ3n) is 8.32. The fourth-order valence-corrected chi connectivity index (χ4v) is 5.76. The SMILES string of the molecule is O=C(O[C@H](Cc1ccc(O)c(O)c1)C(=O)O)C1=Cc2cc(O)c(O)cc2[C@@H](c2ccc(O)c(O)c2)[C@@H]1C(=O)O[C@H](Cc1ccc(O)c(O)c1)C(=O)O. The first kappa shape index (κ1) is 36.2. The molecule has 0 unspecified atom stereocenters. The van der Waals surface area contributed by atoms with Gasteiger partial charge in [0.05, 0.1) is 11.5 Å². The zero-order valence-electron chi connectivity index (χ0n) is 26.6. The lowest BCUT2D eigenvalue weighted by Gasteiger charge is -2.33. The number of hydrogen-bond acceptors (Lipinski definition) is 14. The van der Waals surface area contributed by atoms with Crippen molar-refractivity contribution in [2.45, 2.75) is 31.0 Å². The molecule has 4 atom stereocenters. The number of carboxylic acid groups (broad SMARTS) is 2. The number of phenolic OH excluding ortho intramolecular Hbond substituents is 8. The number of ether oxygens (including phenoxy) is 2. The molecular weight excluding hydrogens is 688 g/mol. The molecule has 1 aliphatic rings. The highest BCUT2D eigenvalue weighted by Gasteiger charge is 2.45. The molecule has 0 saturated heterocycles. The minimum atomic E-state index is -1.97. The van der Waals surface area contributed by atoms with Crippen LogP contribution in [0, 0.1) is 5.92 Å². The van der Waals surface area contributed by atoms with E-state index in [0.717, 1.165) is 54.6 Å². The highest BCUT2D eigenvalue weighted by Crippen LogP contribution is 2.48. The Morgan fingerprint density at radius 1 is 0.558 bits per heavy atom. The van der Waals surface area contributed by atoms with E-state index in [4.69, 9.17) is 9.47 Å². The number of aromatic hydroxyl groups is 8. The van der Waals surface area contributed by atoms with Crippen molar-refractivity contribution in [3.05, 3.63) is 100 Å². The summed E-state index contributed by atoms with van der Waals surface area (Å²) in [6.45, 7) is 0. The van der Waals surface area contributed by atoms with Crippen LogP contribution < -0.4 is 0 Å². The maximum Gasteiger partial charge on any atom is 0.345 e. The Labute approximate surface area is 292 Å². The average Bonchev–Trinajstić information content (AvgIpc) is 3.08. The molecule has 16 nitrogen and oxygen atoms in total. The number of aliphatic carboxylic acids is 2. The maximum atomic E-state index is 14.2. The first-order valence-electron chi connectivity index (χ1n) is 15.2. The summed E-state index contributed by atoms with van der Waals surface area (Å²) in [6.07, 6.45) is -3.95. The zero-order chi connectivity index (χ0) is 38.0. The Balaban J connectivity index is 1.61. The van der Waals surface area contributed by atoms with Crippen molar-refractivity contribution < 1.29 is 79.7 Å². The van der Waals surface area contributed by atoms with Gasteiger partial charge >= 0.3 is 23.9 Å². The molecule has 0 amide bonds. The maximum absolute atomic E-state index is 14.2. The van der Waals surface area contributed by atoms with Gasteiger partial charge in [-0.25, -0.2) is 14.4 Å². The van der Waals surface area contributed by atoms with Crippen LogP contribution in [0.5, 0.6) is 46.0 Å². The van der Waals surface area contributed by atoms with E-state index in [1.54, 1.807) is 0 Å². The summed E-state index contributed by atoms with van der Waals surface area (Å²) in [4.78, 5) is 52.7. The van der Waals surface area contributed by atoms with E-state index in [2.05, 4.69) is 0 Å². The second-order valence-electron chi connectivity index (χ2n) is 11.8. The summed E-state index contributed by atoms with van der Waals surface area (Å²) in [5.74, 6) is -14.2. The number of carboxylic acids is 2. The predicted molar refractivity (Wildman–Crippen MR) is 175 cm³/mol. The average molecular weight is 719 g/mol. The third-order valence-corrected chi connectivity index (χ3v) is 8.32. The lowest BCUT2D eigenvalue weighted by molar-refractivity contribution is -0.168. The molecule has 0 saturated carbocycles. The third kappa shape index (κ3) is 7.55. The fraction of sp³-hybridized carbons (Fsp3) is 0.167.